The average molecular weight is 335 g/mol. The van der Waals surface area contributed by atoms with Crippen LogP contribution in [0, 0.1) is 5.92 Å². The van der Waals surface area contributed by atoms with Crippen LogP contribution >= 0.6 is 15.9 Å². The van der Waals surface area contributed by atoms with E-state index in [4.69, 9.17) is 0 Å². The summed E-state index contributed by atoms with van der Waals surface area (Å²) in [6.07, 6.45) is 7.65. The predicted octanol–water partition coefficient (Wildman–Crippen LogP) is 1.58. The molecule has 2 aliphatic rings. The maximum absolute atomic E-state index is 12.3. The molecule has 2 bridgehead atoms. The van der Waals surface area contributed by atoms with Crippen LogP contribution in [-0.2, 0) is 0 Å². The fraction of sp³-hybridized carbons (Fsp3) is 0.429. The molecule has 20 heavy (non-hydrogen) atoms. The van der Waals surface area contributed by atoms with Crippen molar-refractivity contribution in [2.45, 2.75) is 24.9 Å². The zero-order valence-electron chi connectivity index (χ0n) is 10.8. The van der Waals surface area contributed by atoms with Crippen molar-refractivity contribution in [2.24, 2.45) is 5.92 Å². The first-order valence-corrected chi connectivity index (χ1v) is 7.66. The molecular formula is C14H15BrN4O. The minimum Gasteiger partial charge on any atom is -0.348 e. The van der Waals surface area contributed by atoms with Crippen molar-refractivity contribution in [2.75, 3.05) is 6.54 Å². The van der Waals surface area contributed by atoms with E-state index in [1.807, 2.05) is 16.7 Å². The van der Waals surface area contributed by atoms with E-state index < -0.39 is 0 Å². The molecule has 0 spiro atoms. The summed E-state index contributed by atoms with van der Waals surface area (Å²) in [5.41, 5.74) is 1.44. The highest BCUT2D eigenvalue weighted by atomic mass is 79.9. The highest BCUT2D eigenvalue weighted by Gasteiger charge is 2.40. The molecule has 104 valence electrons. The molecule has 1 saturated carbocycles. The molecule has 1 amide bonds. The lowest BCUT2D eigenvalue weighted by atomic mass is 10.0. The molecule has 3 heterocycles. The Hall–Kier alpha value is -1.40. The molecule has 1 aliphatic carbocycles. The molecule has 2 aromatic heterocycles. The van der Waals surface area contributed by atoms with Gasteiger partial charge in [0.15, 0.2) is 0 Å². The zero-order valence-corrected chi connectivity index (χ0v) is 12.4. The summed E-state index contributed by atoms with van der Waals surface area (Å²) in [5, 5.41) is 6.58. The molecule has 1 saturated heterocycles. The van der Waals surface area contributed by atoms with Gasteiger partial charge in [0.05, 0.1) is 11.7 Å². The quantitative estimate of drug-likeness (QED) is 0.876. The Morgan fingerprint density at radius 1 is 1.45 bits per heavy atom. The number of fused-ring (bicyclic) bond motifs is 3. The Balaban J connectivity index is 1.54. The van der Waals surface area contributed by atoms with Gasteiger partial charge < -0.3 is 15.0 Å². The summed E-state index contributed by atoms with van der Waals surface area (Å²) in [6.45, 7) is 1.02. The maximum Gasteiger partial charge on any atom is 0.271 e. The van der Waals surface area contributed by atoms with Crippen molar-refractivity contribution in [3.05, 3.63) is 34.8 Å². The number of amides is 1. The van der Waals surface area contributed by atoms with Gasteiger partial charge in [-0.1, -0.05) is 0 Å². The standard InChI is InChI=1S/C14H15BrN4O/c15-9-2-11-5-17-13(7-19(11)6-9)14(20)18-12-3-10-1-8(12)4-16-10/h2,5-8,10,12,16H,1,3-4H2,(H,18,20). The normalized spacial score (nSPS) is 28.1. The fourth-order valence-electron chi connectivity index (χ4n) is 3.35. The van der Waals surface area contributed by atoms with Crippen molar-refractivity contribution >= 4 is 27.4 Å². The van der Waals surface area contributed by atoms with Crippen molar-refractivity contribution in [3.8, 4) is 0 Å². The lowest BCUT2D eigenvalue weighted by Gasteiger charge is -2.23. The van der Waals surface area contributed by atoms with Gasteiger partial charge in [-0.05, 0) is 40.8 Å². The second kappa shape index (κ2) is 4.56. The SMILES string of the molecule is O=C(NC1CC2CC1CN2)c1cn2cc(Br)cc2cn1. The summed E-state index contributed by atoms with van der Waals surface area (Å²) in [7, 11) is 0. The van der Waals surface area contributed by atoms with Crippen LogP contribution in [0.3, 0.4) is 0 Å². The van der Waals surface area contributed by atoms with Crippen LogP contribution in [0.15, 0.2) is 29.1 Å². The summed E-state index contributed by atoms with van der Waals surface area (Å²) in [4.78, 5) is 16.6. The molecule has 2 aromatic rings. The van der Waals surface area contributed by atoms with Gasteiger partial charge in [0.2, 0.25) is 0 Å². The highest BCUT2D eigenvalue weighted by molar-refractivity contribution is 9.10. The van der Waals surface area contributed by atoms with Gasteiger partial charge >= 0.3 is 0 Å². The topological polar surface area (TPSA) is 58.4 Å². The van der Waals surface area contributed by atoms with E-state index in [0.29, 0.717) is 23.7 Å². The summed E-state index contributed by atoms with van der Waals surface area (Å²) in [5.74, 6) is 0.502. The van der Waals surface area contributed by atoms with Crippen molar-refractivity contribution < 1.29 is 4.79 Å². The minimum atomic E-state index is -0.0747. The van der Waals surface area contributed by atoms with Crippen LogP contribution in [-0.4, -0.2) is 33.9 Å². The first-order valence-electron chi connectivity index (χ1n) is 6.86. The Bertz CT molecular complexity index is 683. The number of carbonyl (C=O) groups excluding carboxylic acids is 1. The second-order valence-electron chi connectivity index (χ2n) is 5.68. The number of hydrogen-bond acceptors (Lipinski definition) is 3. The molecule has 3 unspecified atom stereocenters. The van der Waals surface area contributed by atoms with E-state index in [1.165, 1.54) is 6.42 Å². The number of aromatic nitrogens is 2. The minimum absolute atomic E-state index is 0.0747. The van der Waals surface area contributed by atoms with Crippen LogP contribution in [0.5, 0.6) is 0 Å². The van der Waals surface area contributed by atoms with Crippen LogP contribution < -0.4 is 10.6 Å². The second-order valence-corrected chi connectivity index (χ2v) is 6.60. The van der Waals surface area contributed by atoms with Crippen LogP contribution in [0.25, 0.3) is 5.52 Å². The molecule has 2 N–H and O–H groups in total. The molecular weight excluding hydrogens is 320 g/mol. The molecule has 1 aliphatic heterocycles. The van der Waals surface area contributed by atoms with Crippen LogP contribution in [0.1, 0.15) is 23.3 Å². The smallest absolute Gasteiger partial charge is 0.271 e. The Labute approximate surface area is 124 Å². The number of nitrogens with zero attached hydrogens (tertiary/aromatic N) is 2. The largest absolute Gasteiger partial charge is 0.348 e. The lowest BCUT2D eigenvalue weighted by Crippen LogP contribution is -2.44. The van der Waals surface area contributed by atoms with Gasteiger partial charge in [-0.25, -0.2) is 4.98 Å². The number of hydrogen-bond donors (Lipinski definition) is 2. The van der Waals surface area contributed by atoms with Gasteiger partial charge in [-0.2, -0.15) is 0 Å². The third-order valence-corrected chi connectivity index (χ3v) is 4.79. The van der Waals surface area contributed by atoms with Crippen molar-refractivity contribution in [3.63, 3.8) is 0 Å². The molecule has 5 nitrogen and oxygen atoms in total. The molecule has 2 fully saturated rings. The van der Waals surface area contributed by atoms with E-state index >= 15 is 0 Å². The summed E-state index contributed by atoms with van der Waals surface area (Å²) in [6, 6.07) is 2.85. The van der Waals surface area contributed by atoms with Gasteiger partial charge in [0.25, 0.3) is 5.91 Å². The Morgan fingerprint density at radius 2 is 2.35 bits per heavy atom. The molecule has 4 rings (SSSR count). The van der Waals surface area contributed by atoms with E-state index in [0.717, 1.165) is 23.0 Å². The van der Waals surface area contributed by atoms with Gasteiger partial charge in [0, 0.05) is 35.5 Å². The number of piperidine rings is 1. The number of nitrogens with one attached hydrogen (secondary N) is 2. The van der Waals surface area contributed by atoms with E-state index in [9.17, 15) is 4.79 Å². The zero-order chi connectivity index (χ0) is 13.7. The Kier molecular flexibility index (Phi) is 2.82. The molecule has 3 atom stereocenters. The number of halogens is 1. The predicted molar refractivity (Wildman–Crippen MR) is 78.7 cm³/mol. The van der Waals surface area contributed by atoms with E-state index in [1.54, 1.807) is 12.4 Å². The fourth-order valence-corrected chi connectivity index (χ4v) is 3.80. The lowest BCUT2D eigenvalue weighted by molar-refractivity contribution is 0.0919. The molecule has 0 aromatic carbocycles. The van der Waals surface area contributed by atoms with Gasteiger partial charge in [0.1, 0.15) is 5.69 Å². The van der Waals surface area contributed by atoms with Crippen LogP contribution in [0.2, 0.25) is 0 Å². The third-order valence-electron chi connectivity index (χ3n) is 4.36. The number of rotatable bonds is 2. The van der Waals surface area contributed by atoms with E-state index in [2.05, 4.69) is 31.5 Å². The molecule has 6 heteroatoms. The highest BCUT2D eigenvalue weighted by Crippen LogP contribution is 2.31. The van der Waals surface area contributed by atoms with Crippen LogP contribution in [0.4, 0.5) is 0 Å². The first-order chi connectivity index (χ1) is 9.69. The average Bonchev–Trinajstić information content (AvgIpc) is 3.10. The van der Waals surface area contributed by atoms with E-state index in [-0.39, 0.29) is 5.91 Å². The number of carbonyl (C=O) groups is 1. The molecule has 0 radical (unpaired) electrons. The van der Waals surface area contributed by atoms with Gasteiger partial charge in [-0.3, -0.25) is 4.79 Å². The third kappa shape index (κ3) is 2.03. The van der Waals surface area contributed by atoms with Crippen molar-refractivity contribution in [1.82, 2.24) is 20.0 Å². The first kappa shape index (κ1) is 12.3. The summed E-state index contributed by atoms with van der Waals surface area (Å²) < 4.78 is 2.89. The van der Waals surface area contributed by atoms with Crippen molar-refractivity contribution in [1.29, 1.82) is 0 Å². The summed E-state index contributed by atoms with van der Waals surface area (Å²) >= 11 is 3.42. The maximum atomic E-state index is 12.3. The monoisotopic (exact) mass is 334 g/mol. The van der Waals surface area contributed by atoms with Gasteiger partial charge in [-0.15, -0.1) is 0 Å². The Morgan fingerprint density at radius 3 is 3.10 bits per heavy atom.